The third-order valence-electron chi connectivity index (χ3n) is 5.72. The van der Waals surface area contributed by atoms with Gasteiger partial charge >= 0.3 is 0 Å². The van der Waals surface area contributed by atoms with Gasteiger partial charge < -0.3 is 20.4 Å². The van der Waals surface area contributed by atoms with E-state index in [1.165, 1.54) is 0 Å². The number of benzene rings is 3. The van der Waals surface area contributed by atoms with Gasteiger partial charge in [-0.1, -0.05) is 48.5 Å². The summed E-state index contributed by atoms with van der Waals surface area (Å²) >= 11 is 0. The van der Waals surface area contributed by atoms with Crippen molar-refractivity contribution in [2.24, 2.45) is 5.73 Å². The number of furan rings is 1. The Morgan fingerprint density at radius 3 is 2.36 bits per heavy atom. The van der Waals surface area contributed by atoms with E-state index in [9.17, 15) is 9.59 Å². The van der Waals surface area contributed by atoms with Gasteiger partial charge in [0.25, 0.3) is 5.91 Å². The smallest absolute Gasteiger partial charge is 0.291 e. The number of anilines is 2. The Labute approximate surface area is 193 Å². The quantitative estimate of drug-likeness (QED) is 0.417. The SMILES string of the molecule is Cc1ccc(C)c2c(C)c(C(=O)Nc3cccc(N(CC(N)=O)Cc4ccccc4)c3)oc12. The lowest BCUT2D eigenvalue weighted by Gasteiger charge is -2.24. The van der Waals surface area contributed by atoms with Gasteiger partial charge in [-0.3, -0.25) is 9.59 Å². The lowest BCUT2D eigenvalue weighted by molar-refractivity contribution is -0.116. The van der Waals surface area contributed by atoms with E-state index >= 15 is 0 Å². The molecule has 6 nitrogen and oxygen atoms in total. The van der Waals surface area contributed by atoms with Gasteiger partial charge in [-0.15, -0.1) is 0 Å². The summed E-state index contributed by atoms with van der Waals surface area (Å²) in [6.45, 7) is 6.46. The van der Waals surface area contributed by atoms with Crippen molar-refractivity contribution in [1.82, 2.24) is 0 Å². The van der Waals surface area contributed by atoms with Gasteiger partial charge in [-0.05, 0) is 55.7 Å². The van der Waals surface area contributed by atoms with Gasteiger partial charge in [0.2, 0.25) is 5.91 Å². The van der Waals surface area contributed by atoms with Crippen LogP contribution in [0.2, 0.25) is 0 Å². The average Bonchev–Trinajstić information content (AvgIpc) is 3.15. The molecule has 0 spiro atoms. The number of nitrogens with two attached hydrogens (primary N) is 1. The Bertz CT molecular complexity index is 1330. The van der Waals surface area contributed by atoms with Gasteiger partial charge in [0.1, 0.15) is 5.58 Å². The van der Waals surface area contributed by atoms with Gasteiger partial charge in [0.15, 0.2) is 5.76 Å². The minimum Gasteiger partial charge on any atom is -0.450 e. The van der Waals surface area contributed by atoms with E-state index in [4.69, 9.17) is 10.2 Å². The lowest BCUT2D eigenvalue weighted by Crippen LogP contribution is -2.33. The number of carbonyl (C=O) groups excluding carboxylic acids is 2. The Kier molecular flexibility index (Phi) is 6.18. The molecule has 0 aliphatic heterocycles. The molecular formula is C27H27N3O3. The molecule has 0 saturated heterocycles. The Balaban J connectivity index is 1.61. The maximum absolute atomic E-state index is 13.1. The zero-order valence-corrected chi connectivity index (χ0v) is 19.0. The molecule has 0 bridgehead atoms. The number of carbonyl (C=O) groups is 2. The van der Waals surface area contributed by atoms with Crippen LogP contribution in [0.5, 0.6) is 0 Å². The van der Waals surface area contributed by atoms with Gasteiger partial charge in [0, 0.05) is 28.9 Å². The van der Waals surface area contributed by atoms with Gasteiger partial charge in [-0.2, -0.15) is 0 Å². The summed E-state index contributed by atoms with van der Waals surface area (Å²) in [6, 6.07) is 21.2. The fourth-order valence-electron chi connectivity index (χ4n) is 4.09. The normalized spacial score (nSPS) is 10.9. The summed E-state index contributed by atoms with van der Waals surface area (Å²) in [5, 5.41) is 3.91. The molecule has 0 unspecified atom stereocenters. The minimum absolute atomic E-state index is 0.0630. The molecule has 3 N–H and O–H groups in total. The Morgan fingerprint density at radius 2 is 1.67 bits per heavy atom. The van der Waals surface area contributed by atoms with Gasteiger partial charge in [-0.25, -0.2) is 0 Å². The highest BCUT2D eigenvalue weighted by molar-refractivity contribution is 6.07. The summed E-state index contributed by atoms with van der Waals surface area (Å²) in [5.74, 6) is -0.445. The zero-order chi connectivity index (χ0) is 23.5. The summed E-state index contributed by atoms with van der Waals surface area (Å²) in [6.07, 6.45) is 0. The molecule has 168 valence electrons. The number of amides is 2. The highest BCUT2D eigenvalue weighted by Gasteiger charge is 2.20. The molecule has 6 heteroatoms. The van der Waals surface area contributed by atoms with Crippen LogP contribution in [0.3, 0.4) is 0 Å². The topological polar surface area (TPSA) is 88.6 Å². The predicted molar refractivity (Wildman–Crippen MR) is 132 cm³/mol. The maximum atomic E-state index is 13.1. The first kappa shape index (κ1) is 22.1. The molecule has 33 heavy (non-hydrogen) atoms. The van der Waals surface area contributed by atoms with E-state index < -0.39 is 5.91 Å². The highest BCUT2D eigenvalue weighted by Crippen LogP contribution is 2.31. The van der Waals surface area contributed by atoms with E-state index in [2.05, 4.69) is 5.32 Å². The van der Waals surface area contributed by atoms with Crippen LogP contribution >= 0.6 is 0 Å². The second kappa shape index (κ2) is 9.20. The summed E-state index contributed by atoms with van der Waals surface area (Å²) in [4.78, 5) is 26.7. The molecule has 2 amide bonds. The molecule has 0 saturated carbocycles. The van der Waals surface area contributed by atoms with E-state index in [0.29, 0.717) is 18.0 Å². The summed E-state index contributed by atoms with van der Waals surface area (Å²) in [5.41, 5.74) is 11.5. The van der Waals surface area contributed by atoms with E-state index in [1.54, 1.807) is 6.07 Å². The first-order chi connectivity index (χ1) is 15.8. The molecule has 0 aliphatic carbocycles. The molecular weight excluding hydrogens is 414 g/mol. The molecule has 0 aliphatic rings. The molecule has 1 heterocycles. The van der Waals surface area contributed by atoms with Crippen LogP contribution in [0, 0.1) is 20.8 Å². The number of aryl methyl sites for hydroxylation is 3. The monoisotopic (exact) mass is 441 g/mol. The number of primary amides is 1. The second-order valence-corrected chi connectivity index (χ2v) is 8.27. The van der Waals surface area contributed by atoms with Crippen LogP contribution in [-0.4, -0.2) is 18.4 Å². The van der Waals surface area contributed by atoms with Crippen molar-refractivity contribution < 1.29 is 14.0 Å². The van der Waals surface area contributed by atoms with Crippen LogP contribution in [0.4, 0.5) is 11.4 Å². The van der Waals surface area contributed by atoms with Crippen LogP contribution in [0.1, 0.15) is 32.8 Å². The zero-order valence-electron chi connectivity index (χ0n) is 19.0. The minimum atomic E-state index is -0.427. The van der Waals surface area contributed by atoms with Crippen molar-refractivity contribution in [3.63, 3.8) is 0 Å². The van der Waals surface area contributed by atoms with Crippen molar-refractivity contribution in [1.29, 1.82) is 0 Å². The molecule has 0 radical (unpaired) electrons. The fraction of sp³-hybridized carbons (Fsp3) is 0.185. The summed E-state index contributed by atoms with van der Waals surface area (Å²) in [7, 11) is 0. The molecule has 1 aromatic heterocycles. The second-order valence-electron chi connectivity index (χ2n) is 8.27. The number of rotatable bonds is 7. The molecule has 0 atom stereocenters. The van der Waals surface area contributed by atoms with Gasteiger partial charge in [0.05, 0.1) is 6.54 Å². The number of hydrogen-bond donors (Lipinski definition) is 2. The lowest BCUT2D eigenvalue weighted by atomic mass is 10.0. The van der Waals surface area contributed by atoms with Crippen LogP contribution in [-0.2, 0) is 11.3 Å². The van der Waals surface area contributed by atoms with E-state index in [1.807, 2.05) is 86.3 Å². The Morgan fingerprint density at radius 1 is 0.939 bits per heavy atom. The van der Waals surface area contributed by atoms with Crippen molar-refractivity contribution >= 4 is 34.2 Å². The van der Waals surface area contributed by atoms with Crippen molar-refractivity contribution in [3.05, 3.63) is 94.7 Å². The Hall–Kier alpha value is -4.06. The number of nitrogens with one attached hydrogen (secondary N) is 1. The summed E-state index contributed by atoms with van der Waals surface area (Å²) < 4.78 is 5.97. The molecule has 4 aromatic rings. The van der Waals surface area contributed by atoms with Crippen molar-refractivity contribution in [3.8, 4) is 0 Å². The van der Waals surface area contributed by atoms with E-state index in [-0.39, 0.29) is 12.5 Å². The van der Waals surface area contributed by atoms with Crippen LogP contribution < -0.4 is 16.0 Å². The van der Waals surface area contributed by atoms with Crippen LogP contribution in [0.25, 0.3) is 11.0 Å². The highest BCUT2D eigenvalue weighted by atomic mass is 16.3. The predicted octanol–water partition coefficient (Wildman–Crippen LogP) is 5.10. The number of nitrogens with zero attached hydrogens (tertiary/aromatic N) is 1. The van der Waals surface area contributed by atoms with Crippen molar-refractivity contribution in [2.45, 2.75) is 27.3 Å². The fourth-order valence-corrected chi connectivity index (χ4v) is 4.09. The van der Waals surface area contributed by atoms with Crippen LogP contribution in [0.15, 0.2) is 71.1 Å². The van der Waals surface area contributed by atoms with Crippen molar-refractivity contribution in [2.75, 3.05) is 16.8 Å². The first-order valence-electron chi connectivity index (χ1n) is 10.8. The third kappa shape index (κ3) is 4.75. The average molecular weight is 442 g/mol. The first-order valence-corrected chi connectivity index (χ1v) is 10.8. The largest absolute Gasteiger partial charge is 0.450 e. The number of hydrogen-bond acceptors (Lipinski definition) is 4. The molecule has 4 rings (SSSR count). The number of fused-ring (bicyclic) bond motifs is 1. The maximum Gasteiger partial charge on any atom is 0.291 e. The van der Waals surface area contributed by atoms with E-state index in [0.717, 1.165) is 38.9 Å². The third-order valence-corrected chi connectivity index (χ3v) is 5.72. The standard InChI is InChI=1S/C27H27N3O3/c1-17-12-13-18(2)25-24(17)19(3)26(33-25)27(32)29-21-10-7-11-22(14-21)30(16-23(28)31)15-20-8-5-4-6-9-20/h4-14H,15-16H2,1-3H3,(H2,28,31)(H,29,32). The molecule has 0 fully saturated rings. The molecule has 3 aromatic carbocycles.